The third-order valence-electron chi connectivity index (χ3n) is 3.73. The van der Waals surface area contributed by atoms with E-state index in [0.717, 1.165) is 9.80 Å². The zero-order chi connectivity index (χ0) is 16.6. The van der Waals surface area contributed by atoms with Crippen molar-refractivity contribution in [1.29, 1.82) is 0 Å². The molecule has 1 saturated heterocycles. The van der Waals surface area contributed by atoms with E-state index in [0.29, 0.717) is 0 Å². The van der Waals surface area contributed by atoms with Crippen molar-refractivity contribution in [2.24, 2.45) is 0 Å². The summed E-state index contributed by atoms with van der Waals surface area (Å²) in [7, 11) is 1.38. The second-order valence-corrected chi connectivity index (χ2v) is 6.08. The quantitative estimate of drug-likeness (QED) is 0.696. The lowest BCUT2D eigenvalue weighted by Gasteiger charge is -2.31. The second-order valence-electron chi connectivity index (χ2n) is 6.08. The number of carboxylic acids is 1. The summed E-state index contributed by atoms with van der Waals surface area (Å²) in [5.41, 5.74) is -2.33. The van der Waals surface area contributed by atoms with Gasteiger partial charge in [-0.05, 0) is 27.7 Å². The molecule has 1 fully saturated rings. The molecule has 4 amide bonds. The standard InChI is InChI=1S/C13H21N3O5/c1-12(2)9(18)16(11(21)14-12)7-6-8(17)15(5)13(3,4)10(19)20/h6-7H2,1-5H3,(H,14,21)(H,19,20). The topological polar surface area (TPSA) is 107 Å². The van der Waals surface area contributed by atoms with Crippen LogP contribution < -0.4 is 5.32 Å². The smallest absolute Gasteiger partial charge is 0.329 e. The first-order valence-electron chi connectivity index (χ1n) is 6.55. The van der Waals surface area contributed by atoms with Crippen molar-refractivity contribution in [1.82, 2.24) is 15.1 Å². The first-order chi connectivity index (χ1) is 9.41. The number of carboxylic acid groups (broad SMARTS) is 1. The molecule has 0 radical (unpaired) electrons. The van der Waals surface area contributed by atoms with Crippen molar-refractivity contribution in [3.05, 3.63) is 0 Å². The van der Waals surface area contributed by atoms with Crippen LogP contribution in [0, 0.1) is 0 Å². The molecule has 8 heteroatoms. The van der Waals surface area contributed by atoms with E-state index in [4.69, 9.17) is 5.11 Å². The fourth-order valence-electron chi connectivity index (χ4n) is 1.85. The van der Waals surface area contributed by atoms with E-state index in [1.807, 2.05) is 0 Å². The largest absolute Gasteiger partial charge is 0.480 e. The molecule has 0 aromatic heterocycles. The Morgan fingerprint density at radius 2 is 1.86 bits per heavy atom. The van der Waals surface area contributed by atoms with Crippen LogP contribution in [0.25, 0.3) is 0 Å². The van der Waals surface area contributed by atoms with Crippen LogP contribution in [0.1, 0.15) is 34.1 Å². The molecule has 2 N–H and O–H groups in total. The number of hydrogen-bond donors (Lipinski definition) is 2. The third kappa shape index (κ3) is 3.14. The third-order valence-corrected chi connectivity index (χ3v) is 3.73. The van der Waals surface area contributed by atoms with Crippen LogP contribution in [-0.4, -0.2) is 63.4 Å². The van der Waals surface area contributed by atoms with Crippen molar-refractivity contribution in [2.45, 2.75) is 45.2 Å². The second kappa shape index (κ2) is 5.34. The number of rotatable bonds is 5. The van der Waals surface area contributed by atoms with E-state index in [2.05, 4.69) is 5.32 Å². The molecule has 0 aromatic rings. The summed E-state index contributed by atoms with van der Waals surface area (Å²) in [6.45, 7) is 5.89. The van der Waals surface area contributed by atoms with E-state index in [1.165, 1.54) is 20.9 Å². The van der Waals surface area contributed by atoms with Gasteiger partial charge in [0.05, 0.1) is 0 Å². The highest BCUT2D eigenvalue weighted by Crippen LogP contribution is 2.18. The maximum absolute atomic E-state index is 12.0. The molecule has 1 rings (SSSR count). The Morgan fingerprint density at radius 3 is 2.24 bits per heavy atom. The number of amides is 4. The molecule has 0 saturated carbocycles. The number of hydrogen-bond acceptors (Lipinski definition) is 4. The van der Waals surface area contributed by atoms with Crippen molar-refractivity contribution in [3.63, 3.8) is 0 Å². The Labute approximate surface area is 123 Å². The summed E-state index contributed by atoms with van der Waals surface area (Å²) >= 11 is 0. The fraction of sp³-hybridized carbons (Fsp3) is 0.692. The number of nitrogens with zero attached hydrogens (tertiary/aromatic N) is 2. The molecule has 1 aliphatic heterocycles. The lowest BCUT2D eigenvalue weighted by Crippen LogP contribution is -2.51. The van der Waals surface area contributed by atoms with E-state index in [9.17, 15) is 19.2 Å². The van der Waals surface area contributed by atoms with Crippen LogP contribution >= 0.6 is 0 Å². The Kier molecular flexibility index (Phi) is 4.31. The predicted octanol–water partition coefficient (Wildman–Crippen LogP) is 0.0285. The van der Waals surface area contributed by atoms with Crippen molar-refractivity contribution in [2.75, 3.05) is 13.6 Å². The molecule has 0 aromatic carbocycles. The minimum atomic E-state index is -1.35. The number of imide groups is 1. The highest BCUT2D eigenvalue weighted by molar-refractivity contribution is 6.06. The minimum absolute atomic E-state index is 0.0764. The number of aliphatic carboxylic acids is 1. The molecular weight excluding hydrogens is 278 g/mol. The van der Waals surface area contributed by atoms with E-state index in [-0.39, 0.29) is 13.0 Å². The van der Waals surface area contributed by atoms with Gasteiger partial charge in [0.15, 0.2) is 0 Å². The zero-order valence-electron chi connectivity index (χ0n) is 12.9. The molecule has 0 unspecified atom stereocenters. The van der Waals surface area contributed by atoms with Crippen molar-refractivity contribution in [3.8, 4) is 0 Å². The first-order valence-corrected chi connectivity index (χ1v) is 6.55. The normalized spacial score (nSPS) is 17.7. The molecule has 0 bridgehead atoms. The number of likely N-dealkylation sites (N-methyl/N-ethyl adjacent to an activating group) is 1. The molecule has 21 heavy (non-hydrogen) atoms. The van der Waals surface area contributed by atoms with Gasteiger partial charge in [-0.15, -0.1) is 0 Å². The molecule has 0 aliphatic carbocycles. The van der Waals surface area contributed by atoms with Gasteiger partial charge in [0.1, 0.15) is 11.1 Å². The summed E-state index contributed by atoms with van der Waals surface area (Å²) in [6.07, 6.45) is -0.123. The van der Waals surface area contributed by atoms with Crippen LogP contribution in [0.2, 0.25) is 0 Å². The lowest BCUT2D eigenvalue weighted by atomic mass is 10.0. The van der Waals surface area contributed by atoms with Gasteiger partial charge in [-0.3, -0.25) is 14.5 Å². The molecule has 1 aliphatic rings. The Bertz CT molecular complexity index is 498. The van der Waals surface area contributed by atoms with E-state index < -0.39 is 34.9 Å². The fourth-order valence-corrected chi connectivity index (χ4v) is 1.85. The highest BCUT2D eigenvalue weighted by atomic mass is 16.4. The highest BCUT2D eigenvalue weighted by Gasteiger charge is 2.44. The Morgan fingerprint density at radius 1 is 1.33 bits per heavy atom. The summed E-state index contributed by atoms with van der Waals surface area (Å²) in [5, 5.41) is 11.6. The minimum Gasteiger partial charge on any atom is -0.480 e. The van der Waals surface area contributed by atoms with Crippen LogP contribution in [0.3, 0.4) is 0 Å². The van der Waals surface area contributed by atoms with Gasteiger partial charge in [-0.2, -0.15) is 0 Å². The Balaban J connectivity index is 2.68. The lowest BCUT2D eigenvalue weighted by molar-refractivity contribution is -0.155. The van der Waals surface area contributed by atoms with Gasteiger partial charge in [0.2, 0.25) is 5.91 Å². The summed E-state index contributed by atoms with van der Waals surface area (Å²) in [5.74, 6) is -1.98. The Hall–Kier alpha value is -2.12. The summed E-state index contributed by atoms with van der Waals surface area (Å²) < 4.78 is 0. The average Bonchev–Trinajstić information content (AvgIpc) is 2.55. The first kappa shape index (κ1) is 16.9. The number of carbonyl (C=O) groups excluding carboxylic acids is 3. The van der Waals surface area contributed by atoms with E-state index in [1.54, 1.807) is 13.8 Å². The van der Waals surface area contributed by atoms with Gasteiger partial charge in [-0.25, -0.2) is 9.59 Å². The zero-order valence-corrected chi connectivity index (χ0v) is 12.9. The molecule has 0 spiro atoms. The van der Waals surface area contributed by atoms with Crippen molar-refractivity contribution < 1.29 is 24.3 Å². The number of carbonyl (C=O) groups is 4. The van der Waals surface area contributed by atoms with Crippen LogP contribution in [0.4, 0.5) is 4.79 Å². The molecule has 1 heterocycles. The van der Waals surface area contributed by atoms with E-state index >= 15 is 0 Å². The average molecular weight is 299 g/mol. The van der Waals surface area contributed by atoms with Crippen LogP contribution in [-0.2, 0) is 14.4 Å². The predicted molar refractivity (Wildman–Crippen MR) is 73.4 cm³/mol. The number of nitrogens with one attached hydrogen (secondary N) is 1. The van der Waals surface area contributed by atoms with Gasteiger partial charge in [0, 0.05) is 20.0 Å². The maximum atomic E-state index is 12.0. The monoisotopic (exact) mass is 299 g/mol. The van der Waals surface area contributed by atoms with Gasteiger partial charge in [0.25, 0.3) is 5.91 Å². The number of urea groups is 1. The maximum Gasteiger partial charge on any atom is 0.329 e. The van der Waals surface area contributed by atoms with Crippen LogP contribution in [0.5, 0.6) is 0 Å². The molecular formula is C13H21N3O5. The van der Waals surface area contributed by atoms with Gasteiger partial charge < -0.3 is 15.3 Å². The summed E-state index contributed by atoms with van der Waals surface area (Å²) in [6, 6.07) is -0.544. The van der Waals surface area contributed by atoms with Gasteiger partial charge >= 0.3 is 12.0 Å². The molecule has 0 atom stereocenters. The van der Waals surface area contributed by atoms with Gasteiger partial charge in [-0.1, -0.05) is 0 Å². The summed E-state index contributed by atoms with van der Waals surface area (Å²) in [4.78, 5) is 48.8. The SMILES string of the molecule is CN(C(=O)CCN1C(=O)NC(C)(C)C1=O)C(C)(C)C(=O)O. The van der Waals surface area contributed by atoms with Crippen LogP contribution in [0.15, 0.2) is 0 Å². The molecule has 8 nitrogen and oxygen atoms in total. The van der Waals surface area contributed by atoms with Crippen molar-refractivity contribution >= 4 is 23.8 Å². The molecule has 118 valence electrons.